The standard InChI is InChI=1S/C56H79N5O10/c1-28-8-9-30-19-31-10-11-36-35(38-27-71-51(68)45(38)33-13-16-59-25-33)7-5-6-32-22-56(70)47-39(53(3)23-42(65)41(64)21-40(53)49(67)48(47)61-24-29(2)63)12-14-55(56,15-17-60-52(57)58)50(32)54(4,69)43(66)20-34(26-62)44(31)46(36)37(30)18-28/h13,16,19,25,28,31-32,34-46,50,59,61-62,64-66,69-70H,6,8-12,14-15,17-18,20-24,26-27H2,1-4H3,(H4,57,58,60)/t28-,31+,32-,34-,35-,36+,37+,38+,39-,40-,41+,42-,43+,44-,45+,46-,50+,53+,54-,55-,56+/m0/s1. The highest BCUT2D eigenvalue weighted by Gasteiger charge is 2.74. The van der Waals surface area contributed by atoms with Crippen LogP contribution in [0.15, 0.2) is 46.4 Å². The molecule has 15 heteroatoms. The van der Waals surface area contributed by atoms with Crippen LogP contribution in [0.1, 0.15) is 123 Å². The Bertz CT molecular complexity index is 2400. The number of H-pyrrole nitrogens is 1. The number of rotatable bonds is 9. The lowest BCUT2D eigenvalue weighted by Crippen LogP contribution is -2.65. The second kappa shape index (κ2) is 18.7. The van der Waals surface area contributed by atoms with E-state index in [1.54, 1.807) is 6.92 Å². The van der Waals surface area contributed by atoms with Crippen molar-refractivity contribution in [2.75, 3.05) is 26.3 Å². The lowest BCUT2D eigenvalue weighted by molar-refractivity contribution is -0.191. The molecular formula is C56H79N5O10. The van der Waals surface area contributed by atoms with Gasteiger partial charge in [0, 0.05) is 61.1 Å². The quantitative estimate of drug-likeness (QED) is 0.0558. The normalized spacial score (nSPS) is 47.0. The third kappa shape index (κ3) is 8.06. The number of ketones is 2. The van der Waals surface area contributed by atoms with Gasteiger partial charge >= 0.3 is 5.97 Å². The summed E-state index contributed by atoms with van der Waals surface area (Å²) in [6, 6.07) is 1.94. The number of ether oxygens (including phenoxy) is 1. The molecule has 8 aliphatic carbocycles. The zero-order chi connectivity index (χ0) is 50.5. The molecule has 1 saturated heterocycles. The Labute approximate surface area is 418 Å². The minimum Gasteiger partial charge on any atom is -0.465 e. The number of carbonyl (C=O) groups is 3. The van der Waals surface area contributed by atoms with E-state index in [0.717, 1.165) is 37.7 Å². The summed E-state index contributed by atoms with van der Waals surface area (Å²) in [4.78, 5) is 49.3. The number of aromatic amines is 1. The molecule has 21 atom stereocenters. The Morgan fingerprint density at radius 3 is 2.51 bits per heavy atom. The number of fused-ring (bicyclic) bond motifs is 8. The molecule has 1 aliphatic heterocycles. The van der Waals surface area contributed by atoms with Crippen LogP contribution in [0.3, 0.4) is 0 Å². The highest BCUT2D eigenvalue weighted by atomic mass is 16.5. The van der Waals surface area contributed by atoms with E-state index in [-0.39, 0.29) is 135 Å². The number of Topliss-reactive ketones (excluding diaryl/α,β-unsaturated/α-hetero) is 2. The molecule has 0 unspecified atom stereocenters. The number of aliphatic hydroxyl groups is 6. The van der Waals surface area contributed by atoms with E-state index >= 15 is 4.79 Å². The summed E-state index contributed by atoms with van der Waals surface area (Å²) in [6.07, 6.45) is 8.95. The molecule has 6 fully saturated rings. The molecule has 388 valence electrons. The van der Waals surface area contributed by atoms with Gasteiger partial charge in [-0.1, -0.05) is 31.4 Å². The van der Waals surface area contributed by atoms with Crippen LogP contribution in [0.25, 0.3) is 0 Å². The zero-order valence-electron chi connectivity index (χ0n) is 42.1. The second-order valence-electron chi connectivity index (χ2n) is 24.6. The van der Waals surface area contributed by atoms with Gasteiger partial charge in [0.1, 0.15) is 5.78 Å². The topological polar surface area (TPSA) is 274 Å². The Balaban J connectivity index is 1.16. The first kappa shape index (κ1) is 50.5. The fourth-order valence-corrected chi connectivity index (χ4v) is 18.1. The molecule has 12 N–H and O–H groups in total. The molecule has 10 rings (SSSR count). The number of aromatic nitrogens is 1. The Morgan fingerprint density at radius 2 is 1.79 bits per heavy atom. The largest absolute Gasteiger partial charge is 0.465 e. The van der Waals surface area contributed by atoms with Crippen LogP contribution in [0.5, 0.6) is 0 Å². The minimum absolute atomic E-state index is 0.0255. The van der Waals surface area contributed by atoms with Crippen molar-refractivity contribution in [3.05, 3.63) is 46.9 Å². The van der Waals surface area contributed by atoms with Crippen molar-refractivity contribution in [1.82, 2.24) is 10.3 Å². The Kier molecular flexibility index (Phi) is 13.3. The number of aliphatic hydroxyl groups excluding tert-OH is 4. The van der Waals surface area contributed by atoms with Crippen LogP contribution >= 0.6 is 0 Å². The molecule has 0 spiro atoms. The summed E-state index contributed by atoms with van der Waals surface area (Å²) in [7, 11) is 0. The summed E-state index contributed by atoms with van der Waals surface area (Å²) in [6.45, 7) is 7.28. The number of cyclic esters (lactones) is 1. The number of nitrogens with one attached hydrogen (secondary N) is 2. The smallest absolute Gasteiger partial charge is 0.313 e. The number of aliphatic imine (C=N–C) groups is 1. The molecule has 71 heavy (non-hydrogen) atoms. The summed E-state index contributed by atoms with van der Waals surface area (Å²) < 4.78 is 5.98. The number of esters is 1. The predicted octanol–water partition coefficient (Wildman–Crippen LogP) is 3.62. The maximum absolute atomic E-state index is 15.1. The van der Waals surface area contributed by atoms with Crippen LogP contribution in [0.2, 0.25) is 0 Å². The monoisotopic (exact) mass is 982 g/mol. The molecule has 0 radical (unpaired) electrons. The number of hydrogen-bond donors (Lipinski definition) is 10. The lowest BCUT2D eigenvalue weighted by Gasteiger charge is -2.62. The van der Waals surface area contributed by atoms with Gasteiger partial charge in [0.15, 0.2) is 11.7 Å². The van der Waals surface area contributed by atoms with Gasteiger partial charge < -0.3 is 57.1 Å². The van der Waals surface area contributed by atoms with Crippen molar-refractivity contribution in [2.24, 2.45) is 104 Å². The van der Waals surface area contributed by atoms with Crippen molar-refractivity contribution in [3.63, 3.8) is 0 Å². The van der Waals surface area contributed by atoms with E-state index < -0.39 is 75.9 Å². The van der Waals surface area contributed by atoms with Crippen molar-refractivity contribution in [2.45, 2.75) is 147 Å². The van der Waals surface area contributed by atoms with Gasteiger partial charge in [0.2, 0.25) is 0 Å². The molecule has 9 aliphatic rings. The first-order chi connectivity index (χ1) is 33.7. The highest BCUT2D eigenvalue weighted by Crippen LogP contribution is 2.72. The fourth-order valence-electron chi connectivity index (χ4n) is 18.1. The number of carbonyl (C=O) groups excluding carboxylic acids is 3. The number of hydrogen-bond acceptors (Lipinski definition) is 12. The van der Waals surface area contributed by atoms with Gasteiger partial charge in [-0.25, -0.2) is 0 Å². The number of allylic oxidation sites excluding steroid dienone is 3. The minimum atomic E-state index is -1.89. The van der Waals surface area contributed by atoms with Crippen molar-refractivity contribution in [3.8, 4) is 11.8 Å². The molecule has 0 amide bonds. The van der Waals surface area contributed by atoms with Crippen LogP contribution in [0, 0.1) is 99.6 Å². The number of guanidine groups is 1. The highest BCUT2D eigenvalue weighted by molar-refractivity contribution is 6.00. The molecule has 5 saturated carbocycles. The summed E-state index contributed by atoms with van der Waals surface area (Å²) in [5.74, 6) is 3.51. The van der Waals surface area contributed by atoms with Crippen LogP contribution in [0.4, 0.5) is 0 Å². The molecule has 1 aromatic rings. The van der Waals surface area contributed by atoms with Crippen molar-refractivity contribution < 1.29 is 49.8 Å². The van der Waals surface area contributed by atoms with E-state index in [1.165, 1.54) is 12.5 Å². The van der Waals surface area contributed by atoms with Crippen molar-refractivity contribution >= 4 is 23.5 Å². The molecule has 2 heterocycles. The average molecular weight is 982 g/mol. The Hall–Kier alpha value is -4.04. The van der Waals surface area contributed by atoms with Crippen LogP contribution in [-0.2, 0) is 19.1 Å². The van der Waals surface area contributed by atoms with E-state index in [4.69, 9.17) is 16.2 Å². The second-order valence-corrected chi connectivity index (χ2v) is 24.6. The first-order valence-corrected chi connectivity index (χ1v) is 26.9. The average Bonchev–Trinajstić information content (AvgIpc) is 4.04. The maximum Gasteiger partial charge on any atom is 0.313 e. The molecule has 15 nitrogen and oxygen atoms in total. The van der Waals surface area contributed by atoms with Gasteiger partial charge in [0.05, 0.1) is 54.3 Å². The lowest BCUT2D eigenvalue weighted by atomic mass is 9.44. The van der Waals surface area contributed by atoms with Gasteiger partial charge in [-0.3, -0.25) is 19.4 Å². The SMILES string of the molecule is CC(=O)CNC1=C2[C@H](CC[C@]3(CCN=C(N)N)[C@@H]4[C@@H](CC#C[C@H]([C@H]5COC(=O)[C@@H]5c5cc[nH]c5)[C@H]5CC[C@@H]6C=C7CC[C@H](C)C[C@H]7[C@H]5[C@@H]6[C@H](CO)C[C@@H](O)[C@]4(C)O)C[C@@]23O)[C@@]2(C)C[C@H](O)[C@H](O)C[C@H]2C1=O. The van der Waals surface area contributed by atoms with Gasteiger partial charge in [-0.05, 0) is 167 Å². The number of nitrogens with two attached hydrogens (primary N) is 2. The summed E-state index contributed by atoms with van der Waals surface area (Å²) in [5, 5.41) is 78.0. The molecule has 0 aromatic carbocycles. The molecule has 1 aromatic heterocycles. The van der Waals surface area contributed by atoms with Gasteiger partial charge in [-0.2, -0.15) is 0 Å². The zero-order valence-corrected chi connectivity index (χ0v) is 42.1. The van der Waals surface area contributed by atoms with E-state index in [1.807, 2.05) is 25.4 Å². The van der Waals surface area contributed by atoms with Gasteiger partial charge in [0.25, 0.3) is 0 Å². The first-order valence-electron chi connectivity index (χ1n) is 26.9. The fraction of sp³-hybridized carbons (Fsp3) is 0.750. The Morgan fingerprint density at radius 1 is 1.00 bits per heavy atom. The van der Waals surface area contributed by atoms with Crippen LogP contribution < -0.4 is 16.8 Å². The predicted molar refractivity (Wildman–Crippen MR) is 264 cm³/mol. The molecular weight excluding hydrogens is 903 g/mol. The van der Waals surface area contributed by atoms with Gasteiger partial charge in [-0.15, -0.1) is 5.92 Å². The van der Waals surface area contributed by atoms with E-state index in [9.17, 15) is 40.2 Å². The summed E-state index contributed by atoms with van der Waals surface area (Å²) in [5.41, 5.74) is 8.98. The third-order valence-corrected chi connectivity index (χ3v) is 20.9. The third-order valence-electron chi connectivity index (χ3n) is 20.9. The van der Waals surface area contributed by atoms with Crippen LogP contribution in [-0.4, -0.2) is 115 Å². The van der Waals surface area contributed by atoms with E-state index in [0.29, 0.717) is 24.3 Å². The molecule has 4 bridgehead atoms. The number of nitrogens with zero attached hydrogens (tertiary/aromatic N) is 1. The summed E-state index contributed by atoms with van der Waals surface area (Å²) >= 11 is 0. The maximum atomic E-state index is 15.1. The van der Waals surface area contributed by atoms with E-state index in [2.05, 4.69) is 40.1 Å². The van der Waals surface area contributed by atoms with Crippen molar-refractivity contribution in [1.29, 1.82) is 0 Å².